The first kappa shape index (κ1) is 11.7. The van der Waals surface area contributed by atoms with Crippen LogP contribution in [-0.2, 0) is 4.79 Å². The van der Waals surface area contributed by atoms with Crippen molar-refractivity contribution in [3.8, 4) is 5.75 Å². The van der Waals surface area contributed by atoms with Crippen LogP contribution in [-0.4, -0.2) is 16.4 Å². The van der Waals surface area contributed by atoms with E-state index in [0.717, 1.165) is 6.08 Å². The Labute approximate surface area is 94.3 Å². The standard InChI is InChI=1S/C10H8BrFO3/c11-6-9(5-10(13)14)15-8-3-1-2-7(12)4-8/h1-5H,6H2,(H,13,14)/b9-5+. The molecule has 0 aliphatic carbocycles. The molecule has 0 aliphatic heterocycles. The Hall–Kier alpha value is -1.36. The van der Waals surface area contributed by atoms with Gasteiger partial charge in [0.1, 0.15) is 17.3 Å². The van der Waals surface area contributed by atoms with Crippen LogP contribution in [0.25, 0.3) is 0 Å². The average Bonchev–Trinajstić information content (AvgIpc) is 2.16. The maximum atomic E-state index is 12.8. The van der Waals surface area contributed by atoms with Gasteiger partial charge in [-0.25, -0.2) is 9.18 Å². The fourth-order valence-electron chi connectivity index (χ4n) is 0.915. The molecule has 0 amide bonds. The number of benzene rings is 1. The van der Waals surface area contributed by atoms with Crippen LogP contribution in [0.4, 0.5) is 4.39 Å². The van der Waals surface area contributed by atoms with Gasteiger partial charge >= 0.3 is 5.97 Å². The number of ether oxygens (including phenoxy) is 1. The zero-order valence-electron chi connectivity index (χ0n) is 7.61. The molecule has 3 nitrogen and oxygen atoms in total. The maximum Gasteiger partial charge on any atom is 0.331 e. The van der Waals surface area contributed by atoms with E-state index >= 15 is 0 Å². The second-order valence-electron chi connectivity index (χ2n) is 2.64. The van der Waals surface area contributed by atoms with E-state index in [0.29, 0.717) is 0 Å². The first-order chi connectivity index (χ1) is 7.11. The minimum atomic E-state index is -1.11. The van der Waals surface area contributed by atoms with Crippen LogP contribution >= 0.6 is 15.9 Å². The number of aliphatic carboxylic acids is 1. The number of alkyl halides is 1. The summed E-state index contributed by atoms with van der Waals surface area (Å²) in [5, 5.41) is 8.74. The van der Waals surface area contributed by atoms with E-state index in [4.69, 9.17) is 9.84 Å². The Morgan fingerprint density at radius 3 is 2.87 bits per heavy atom. The highest BCUT2D eigenvalue weighted by Crippen LogP contribution is 2.16. The fraction of sp³-hybridized carbons (Fsp3) is 0.100. The monoisotopic (exact) mass is 274 g/mol. The summed E-state index contributed by atoms with van der Waals surface area (Å²) in [6, 6.07) is 5.48. The summed E-state index contributed by atoms with van der Waals surface area (Å²) < 4.78 is 17.9. The number of carboxylic acids is 1. The van der Waals surface area contributed by atoms with Crippen molar-refractivity contribution >= 4 is 21.9 Å². The number of carbonyl (C=O) groups is 1. The maximum absolute atomic E-state index is 12.8. The molecule has 1 aromatic carbocycles. The van der Waals surface area contributed by atoms with Crippen LogP contribution in [0.5, 0.6) is 5.75 Å². The third kappa shape index (κ3) is 4.12. The van der Waals surface area contributed by atoms with Gasteiger partial charge in [-0.1, -0.05) is 22.0 Å². The van der Waals surface area contributed by atoms with Crippen LogP contribution in [0, 0.1) is 5.82 Å². The molecule has 0 bridgehead atoms. The molecule has 0 saturated heterocycles. The van der Waals surface area contributed by atoms with Gasteiger partial charge in [0.05, 0.1) is 11.4 Å². The van der Waals surface area contributed by atoms with Crippen molar-refractivity contribution in [2.45, 2.75) is 0 Å². The lowest BCUT2D eigenvalue weighted by Gasteiger charge is -2.06. The van der Waals surface area contributed by atoms with Crippen molar-refractivity contribution in [1.29, 1.82) is 0 Å². The minimum absolute atomic E-state index is 0.202. The molecule has 0 aromatic heterocycles. The molecule has 0 fully saturated rings. The Balaban J connectivity index is 2.80. The summed E-state index contributed by atoms with van der Waals surface area (Å²) in [5.74, 6) is -1.08. The molecule has 0 atom stereocenters. The molecule has 0 aliphatic rings. The molecular weight excluding hydrogens is 267 g/mol. The van der Waals surface area contributed by atoms with Gasteiger partial charge in [0, 0.05) is 6.07 Å². The van der Waals surface area contributed by atoms with Crippen molar-refractivity contribution < 1.29 is 19.0 Å². The van der Waals surface area contributed by atoms with E-state index < -0.39 is 11.8 Å². The normalized spacial score (nSPS) is 11.2. The number of hydrogen-bond acceptors (Lipinski definition) is 2. The SMILES string of the molecule is O=C(O)/C=C(\CBr)Oc1cccc(F)c1. The predicted octanol–water partition coefficient (Wildman–Crippen LogP) is 2.57. The Bertz CT molecular complexity index is 390. The molecule has 1 aromatic rings. The number of carboxylic acid groups (broad SMARTS) is 1. The first-order valence-corrected chi connectivity index (χ1v) is 5.17. The highest BCUT2D eigenvalue weighted by Gasteiger charge is 2.03. The number of hydrogen-bond donors (Lipinski definition) is 1. The third-order valence-electron chi connectivity index (χ3n) is 1.46. The van der Waals surface area contributed by atoms with Crippen molar-refractivity contribution in [3.05, 3.63) is 41.9 Å². The van der Waals surface area contributed by atoms with Crippen molar-refractivity contribution in [2.75, 3.05) is 5.33 Å². The largest absolute Gasteiger partial charge is 0.478 e. The third-order valence-corrected chi connectivity index (χ3v) is 2.01. The zero-order valence-corrected chi connectivity index (χ0v) is 9.20. The molecule has 0 saturated carbocycles. The number of halogens is 2. The molecular formula is C10H8BrFO3. The van der Waals surface area contributed by atoms with Gasteiger partial charge < -0.3 is 9.84 Å². The Morgan fingerprint density at radius 2 is 2.33 bits per heavy atom. The summed E-state index contributed by atoms with van der Waals surface area (Å²) >= 11 is 3.07. The van der Waals surface area contributed by atoms with Crippen molar-refractivity contribution in [1.82, 2.24) is 0 Å². The molecule has 80 valence electrons. The molecule has 15 heavy (non-hydrogen) atoms. The molecule has 0 radical (unpaired) electrons. The lowest BCUT2D eigenvalue weighted by molar-refractivity contribution is -0.131. The lowest BCUT2D eigenvalue weighted by Crippen LogP contribution is -2.01. The van der Waals surface area contributed by atoms with Crippen LogP contribution in [0.1, 0.15) is 0 Å². The van der Waals surface area contributed by atoms with E-state index in [-0.39, 0.29) is 16.8 Å². The van der Waals surface area contributed by atoms with Gasteiger partial charge in [-0.15, -0.1) is 0 Å². The second kappa shape index (κ2) is 5.50. The molecule has 1 rings (SSSR count). The van der Waals surface area contributed by atoms with Crippen molar-refractivity contribution in [3.63, 3.8) is 0 Å². The van der Waals surface area contributed by atoms with Gasteiger partial charge in [-0.05, 0) is 12.1 Å². The topological polar surface area (TPSA) is 46.5 Å². The Kier molecular flexibility index (Phi) is 4.30. The summed E-state index contributed by atoms with van der Waals surface area (Å²) in [6.45, 7) is 0. The van der Waals surface area contributed by atoms with Gasteiger partial charge in [0.2, 0.25) is 0 Å². The van der Waals surface area contributed by atoms with Crippen molar-refractivity contribution in [2.24, 2.45) is 0 Å². The first-order valence-electron chi connectivity index (χ1n) is 4.04. The molecule has 1 N–H and O–H groups in total. The van der Waals surface area contributed by atoms with E-state index in [1.54, 1.807) is 6.07 Å². The highest BCUT2D eigenvalue weighted by atomic mass is 79.9. The van der Waals surface area contributed by atoms with E-state index in [2.05, 4.69) is 15.9 Å². The fourth-order valence-corrected chi connectivity index (χ4v) is 1.19. The van der Waals surface area contributed by atoms with Gasteiger partial charge in [-0.2, -0.15) is 0 Å². The number of rotatable bonds is 4. The van der Waals surface area contributed by atoms with Gasteiger partial charge in [0.25, 0.3) is 0 Å². The molecule has 0 heterocycles. The van der Waals surface area contributed by atoms with Gasteiger partial charge in [0.15, 0.2) is 0 Å². The van der Waals surface area contributed by atoms with E-state index in [9.17, 15) is 9.18 Å². The average molecular weight is 275 g/mol. The highest BCUT2D eigenvalue weighted by molar-refractivity contribution is 9.09. The second-order valence-corrected chi connectivity index (χ2v) is 3.20. The molecule has 0 spiro atoms. The van der Waals surface area contributed by atoms with Crippen LogP contribution < -0.4 is 4.74 Å². The van der Waals surface area contributed by atoms with E-state index in [1.165, 1.54) is 18.2 Å². The Morgan fingerprint density at radius 1 is 1.60 bits per heavy atom. The van der Waals surface area contributed by atoms with Gasteiger partial charge in [-0.3, -0.25) is 0 Å². The minimum Gasteiger partial charge on any atom is -0.478 e. The zero-order chi connectivity index (χ0) is 11.3. The van der Waals surface area contributed by atoms with Crippen LogP contribution in [0.15, 0.2) is 36.1 Å². The smallest absolute Gasteiger partial charge is 0.331 e. The van der Waals surface area contributed by atoms with E-state index in [1.807, 2.05) is 0 Å². The summed E-state index contributed by atoms with van der Waals surface area (Å²) in [4.78, 5) is 10.4. The molecule has 0 unspecified atom stereocenters. The summed E-state index contributed by atoms with van der Waals surface area (Å²) in [7, 11) is 0. The predicted molar refractivity (Wildman–Crippen MR) is 56.5 cm³/mol. The number of allylic oxidation sites excluding steroid dienone is 1. The quantitative estimate of drug-likeness (QED) is 0.522. The summed E-state index contributed by atoms with van der Waals surface area (Å²) in [5.41, 5.74) is 0. The molecule has 5 heteroatoms. The lowest BCUT2D eigenvalue weighted by atomic mass is 10.3. The van der Waals surface area contributed by atoms with Crippen LogP contribution in [0.3, 0.4) is 0 Å². The van der Waals surface area contributed by atoms with Crippen LogP contribution in [0.2, 0.25) is 0 Å². The summed E-state index contributed by atoms with van der Waals surface area (Å²) in [6.07, 6.45) is 0.916.